The molecular formula is C30H28BrFN2O5S. The monoisotopic (exact) mass is 626 g/mol. The van der Waals surface area contributed by atoms with Gasteiger partial charge in [0.15, 0.2) is 11.5 Å². The van der Waals surface area contributed by atoms with E-state index in [1.807, 2.05) is 19.1 Å². The van der Waals surface area contributed by atoms with Crippen molar-refractivity contribution in [3.8, 4) is 11.5 Å². The second-order valence-electron chi connectivity index (χ2n) is 9.24. The van der Waals surface area contributed by atoms with Gasteiger partial charge in [0.25, 0.3) is 11.1 Å². The Balaban J connectivity index is 1.47. The Hall–Kier alpha value is -3.63. The van der Waals surface area contributed by atoms with Gasteiger partial charge in [0.05, 0.1) is 16.0 Å². The summed E-state index contributed by atoms with van der Waals surface area (Å²) in [5.74, 6) is -0.274. The van der Waals surface area contributed by atoms with E-state index in [1.165, 1.54) is 6.07 Å². The van der Waals surface area contributed by atoms with Gasteiger partial charge < -0.3 is 14.8 Å². The van der Waals surface area contributed by atoms with Gasteiger partial charge in [-0.25, -0.2) is 4.39 Å². The molecule has 7 nitrogen and oxygen atoms in total. The summed E-state index contributed by atoms with van der Waals surface area (Å²) in [6, 6.07) is 17.1. The Bertz CT molecular complexity index is 1460. The molecular weight excluding hydrogens is 599 g/mol. The Morgan fingerprint density at radius 3 is 2.50 bits per heavy atom. The molecule has 1 saturated heterocycles. The third-order valence-corrected chi connectivity index (χ3v) is 7.49. The summed E-state index contributed by atoms with van der Waals surface area (Å²) in [6.45, 7) is 5.91. The Labute approximate surface area is 244 Å². The maximum Gasteiger partial charge on any atom is 0.294 e. The molecule has 0 bridgehead atoms. The third kappa shape index (κ3) is 7.11. The predicted octanol–water partition coefficient (Wildman–Crippen LogP) is 7.36. The van der Waals surface area contributed by atoms with Gasteiger partial charge in [-0.05, 0) is 88.1 Å². The summed E-state index contributed by atoms with van der Waals surface area (Å²) in [5.41, 5.74) is 2.69. The van der Waals surface area contributed by atoms with Crippen LogP contribution in [0.5, 0.6) is 11.5 Å². The van der Waals surface area contributed by atoms with Crippen LogP contribution in [-0.4, -0.2) is 35.1 Å². The number of hydrogen-bond acceptors (Lipinski definition) is 6. The van der Waals surface area contributed by atoms with Gasteiger partial charge >= 0.3 is 0 Å². The third-order valence-electron chi connectivity index (χ3n) is 6.00. The number of hydrogen-bond donors (Lipinski definition) is 1. The van der Waals surface area contributed by atoms with E-state index in [4.69, 9.17) is 9.47 Å². The van der Waals surface area contributed by atoms with Crippen LogP contribution in [0.2, 0.25) is 0 Å². The van der Waals surface area contributed by atoms with Crippen molar-refractivity contribution in [3.63, 3.8) is 0 Å². The Morgan fingerprint density at radius 1 is 1.10 bits per heavy atom. The highest BCUT2D eigenvalue weighted by atomic mass is 79.9. The molecule has 208 valence electrons. The lowest BCUT2D eigenvalue weighted by molar-refractivity contribution is -0.127. The maximum absolute atomic E-state index is 14.0. The van der Waals surface area contributed by atoms with Crippen LogP contribution in [0.15, 0.2) is 70.0 Å². The van der Waals surface area contributed by atoms with E-state index in [0.29, 0.717) is 45.3 Å². The number of anilines is 1. The lowest BCUT2D eigenvalue weighted by atomic mass is 10.0. The normalized spacial score (nSPS) is 14.2. The van der Waals surface area contributed by atoms with Crippen LogP contribution >= 0.6 is 27.7 Å². The van der Waals surface area contributed by atoms with Crippen molar-refractivity contribution in [3.05, 3.63) is 92.5 Å². The molecule has 0 aromatic heterocycles. The number of nitrogens with one attached hydrogen (secondary N) is 1. The second kappa shape index (κ2) is 13.1. The number of halogens is 2. The molecule has 3 aromatic rings. The SMILES string of the molecule is CCOc1cc(/C=C2\SC(=O)N(CC(=O)Nc3ccc(C(C)C)cc3)C2=O)cc(Br)c1OCc1ccccc1F. The summed E-state index contributed by atoms with van der Waals surface area (Å²) in [7, 11) is 0. The summed E-state index contributed by atoms with van der Waals surface area (Å²) >= 11 is 4.23. The molecule has 0 radical (unpaired) electrons. The summed E-state index contributed by atoms with van der Waals surface area (Å²) < 4.78 is 26.2. The first-order chi connectivity index (χ1) is 19.2. The van der Waals surface area contributed by atoms with Crippen LogP contribution in [0.3, 0.4) is 0 Å². The zero-order valence-corrected chi connectivity index (χ0v) is 24.6. The van der Waals surface area contributed by atoms with Gasteiger partial charge in [-0.1, -0.05) is 44.2 Å². The fourth-order valence-electron chi connectivity index (χ4n) is 3.92. The summed E-state index contributed by atoms with van der Waals surface area (Å²) in [6.07, 6.45) is 1.56. The highest BCUT2D eigenvalue weighted by molar-refractivity contribution is 9.10. The first-order valence-electron chi connectivity index (χ1n) is 12.6. The Kier molecular flexibility index (Phi) is 9.65. The minimum Gasteiger partial charge on any atom is -0.490 e. The van der Waals surface area contributed by atoms with Crippen LogP contribution < -0.4 is 14.8 Å². The average Bonchev–Trinajstić information content (AvgIpc) is 3.16. The summed E-state index contributed by atoms with van der Waals surface area (Å²) in [4.78, 5) is 39.3. The first kappa shape index (κ1) is 29.4. The number of thioether (sulfide) groups is 1. The van der Waals surface area contributed by atoms with Gasteiger partial charge in [-0.3, -0.25) is 19.3 Å². The average molecular weight is 628 g/mol. The summed E-state index contributed by atoms with van der Waals surface area (Å²) in [5, 5.41) is 2.20. The van der Waals surface area contributed by atoms with Gasteiger partial charge in [0.1, 0.15) is 19.0 Å². The van der Waals surface area contributed by atoms with Gasteiger partial charge in [-0.2, -0.15) is 0 Å². The minimum absolute atomic E-state index is 0.00643. The largest absolute Gasteiger partial charge is 0.490 e. The van der Waals surface area contributed by atoms with Gasteiger partial charge in [-0.15, -0.1) is 0 Å². The number of benzene rings is 3. The molecule has 0 atom stereocenters. The number of amides is 3. The Morgan fingerprint density at radius 2 is 1.82 bits per heavy atom. The minimum atomic E-state index is -0.561. The molecule has 0 aliphatic carbocycles. The van der Waals surface area contributed by atoms with Crippen molar-refractivity contribution in [2.75, 3.05) is 18.5 Å². The van der Waals surface area contributed by atoms with Crippen molar-refractivity contribution in [2.24, 2.45) is 0 Å². The molecule has 40 heavy (non-hydrogen) atoms. The van der Waals surface area contributed by atoms with E-state index in [0.717, 1.165) is 22.2 Å². The maximum atomic E-state index is 14.0. The van der Waals surface area contributed by atoms with Crippen molar-refractivity contribution in [1.82, 2.24) is 4.90 Å². The zero-order valence-electron chi connectivity index (χ0n) is 22.2. The van der Waals surface area contributed by atoms with Crippen molar-refractivity contribution < 1.29 is 28.2 Å². The second-order valence-corrected chi connectivity index (χ2v) is 11.1. The molecule has 0 saturated carbocycles. The molecule has 3 amide bonds. The predicted molar refractivity (Wildman–Crippen MR) is 158 cm³/mol. The topological polar surface area (TPSA) is 84.9 Å². The molecule has 1 N–H and O–H groups in total. The highest BCUT2D eigenvalue weighted by Crippen LogP contribution is 2.40. The van der Waals surface area contributed by atoms with E-state index in [-0.39, 0.29) is 17.3 Å². The van der Waals surface area contributed by atoms with Crippen LogP contribution in [0.4, 0.5) is 14.9 Å². The number of carbonyl (C=O) groups is 3. The highest BCUT2D eigenvalue weighted by Gasteiger charge is 2.36. The molecule has 4 rings (SSSR count). The number of rotatable bonds is 10. The number of nitrogens with zero attached hydrogens (tertiary/aromatic N) is 1. The molecule has 1 fully saturated rings. The van der Waals surface area contributed by atoms with Crippen molar-refractivity contribution in [1.29, 1.82) is 0 Å². The van der Waals surface area contributed by atoms with Crippen LogP contribution in [0.25, 0.3) is 6.08 Å². The molecule has 10 heteroatoms. The molecule has 1 aliphatic rings. The molecule has 0 unspecified atom stereocenters. The quantitative estimate of drug-likeness (QED) is 0.237. The van der Waals surface area contributed by atoms with Crippen LogP contribution in [0, 0.1) is 5.82 Å². The number of carbonyl (C=O) groups excluding carboxylic acids is 3. The standard InChI is InChI=1S/C30H28BrFN2O5S/c1-4-38-25-14-19(13-23(31)28(25)39-17-21-7-5-6-8-24(21)32)15-26-29(36)34(30(37)40-26)16-27(35)33-22-11-9-20(10-12-22)18(2)3/h5-15,18H,4,16-17H2,1-3H3,(H,33,35)/b26-15-. The van der Waals surface area contributed by atoms with Gasteiger partial charge in [0, 0.05) is 11.3 Å². The number of ether oxygens (including phenoxy) is 2. The van der Waals surface area contributed by atoms with Crippen LogP contribution in [-0.2, 0) is 16.2 Å². The molecule has 0 spiro atoms. The fraction of sp³-hybridized carbons (Fsp3) is 0.233. The first-order valence-corrected chi connectivity index (χ1v) is 14.2. The lowest BCUT2D eigenvalue weighted by Gasteiger charge is -2.15. The van der Waals surface area contributed by atoms with Crippen LogP contribution in [0.1, 0.15) is 43.4 Å². The van der Waals surface area contributed by atoms with Crippen molar-refractivity contribution in [2.45, 2.75) is 33.3 Å². The number of imide groups is 1. The van der Waals surface area contributed by atoms with E-state index in [9.17, 15) is 18.8 Å². The molecule has 1 heterocycles. The smallest absolute Gasteiger partial charge is 0.294 e. The zero-order chi connectivity index (χ0) is 28.8. The van der Waals surface area contributed by atoms with Gasteiger partial charge in [0.2, 0.25) is 5.91 Å². The lowest BCUT2D eigenvalue weighted by Crippen LogP contribution is -2.36. The van der Waals surface area contributed by atoms with E-state index in [2.05, 4.69) is 35.1 Å². The molecule has 3 aromatic carbocycles. The van der Waals surface area contributed by atoms with E-state index < -0.39 is 23.6 Å². The van der Waals surface area contributed by atoms with E-state index >= 15 is 0 Å². The van der Waals surface area contributed by atoms with E-state index in [1.54, 1.807) is 48.5 Å². The fourth-order valence-corrected chi connectivity index (χ4v) is 5.34. The van der Waals surface area contributed by atoms with Crippen molar-refractivity contribution >= 4 is 56.5 Å². The molecule has 1 aliphatic heterocycles.